The molecule has 0 atom stereocenters. The fourth-order valence-electron chi connectivity index (χ4n) is 0.488. The number of hydrogen-bond donors (Lipinski definition) is 0. The Morgan fingerprint density at radius 2 is 1.82 bits per heavy atom. The molecule has 0 bridgehead atoms. The quantitative estimate of drug-likeness (QED) is 0.771. The van der Waals surface area contributed by atoms with Gasteiger partial charge in [-0.3, -0.25) is 0 Å². The molecule has 0 saturated heterocycles. The van der Waals surface area contributed by atoms with Crippen molar-refractivity contribution in [3.8, 4) is 0 Å². The van der Waals surface area contributed by atoms with E-state index in [1.807, 2.05) is 0 Å². The van der Waals surface area contributed by atoms with Gasteiger partial charge in [-0.1, -0.05) is 47.8 Å². The summed E-state index contributed by atoms with van der Waals surface area (Å²) in [5, 5.41) is 0.685. The Balaban J connectivity index is 2.93. The van der Waals surface area contributed by atoms with E-state index in [2.05, 4.69) is 62.7 Å². The van der Waals surface area contributed by atoms with Crippen LogP contribution < -0.4 is 0 Å². The molecule has 0 unspecified atom stereocenters. The minimum atomic E-state index is -0.386. The molecule has 0 amide bonds. The number of alkyl halides is 3. The number of rotatable bonds is 2. The third kappa shape index (κ3) is 2.45. The molecule has 0 fully saturated rings. The van der Waals surface area contributed by atoms with E-state index in [0.29, 0.717) is 11.2 Å². The van der Waals surface area contributed by atoms with Crippen molar-refractivity contribution in [1.82, 2.24) is 15.0 Å². The smallest absolute Gasteiger partial charge is 0.160 e. The van der Waals surface area contributed by atoms with Crippen molar-refractivity contribution in [2.75, 3.05) is 5.33 Å². The maximum Gasteiger partial charge on any atom is 0.160 e. The van der Waals surface area contributed by atoms with Crippen LogP contribution in [0.4, 0.5) is 0 Å². The molecule has 1 aromatic rings. The molecule has 0 saturated carbocycles. The fourth-order valence-corrected chi connectivity index (χ4v) is 1.15. The molecule has 60 valence electrons. The topological polar surface area (TPSA) is 38.7 Å². The number of halogens is 3. The fraction of sp³-hybridized carbons (Fsp3) is 0.400. The lowest BCUT2D eigenvalue weighted by atomic mass is 10.4. The Morgan fingerprint density at radius 1 is 1.27 bits per heavy atom. The van der Waals surface area contributed by atoms with E-state index in [1.165, 1.54) is 12.7 Å². The first-order chi connectivity index (χ1) is 5.17. The van der Waals surface area contributed by atoms with Crippen LogP contribution in [0.15, 0.2) is 12.7 Å². The van der Waals surface area contributed by atoms with Crippen molar-refractivity contribution in [3.63, 3.8) is 0 Å². The Kier molecular flexibility index (Phi) is 3.39. The molecule has 1 heterocycles. The van der Waals surface area contributed by atoms with Crippen molar-refractivity contribution < 1.29 is 0 Å². The second kappa shape index (κ2) is 3.91. The first-order valence-electron chi connectivity index (χ1n) is 2.73. The van der Waals surface area contributed by atoms with Gasteiger partial charge < -0.3 is 0 Å². The predicted octanol–water partition coefficient (Wildman–Crippen LogP) is 2.21. The lowest BCUT2D eigenvalue weighted by Gasteiger charge is -2.13. The molecule has 11 heavy (non-hydrogen) atoms. The molecule has 0 aliphatic carbocycles. The van der Waals surface area contributed by atoms with Crippen LogP contribution in [0, 0.1) is 0 Å². The van der Waals surface area contributed by atoms with Crippen molar-refractivity contribution in [2.45, 2.75) is 3.23 Å². The van der Waals surface area contributed by atoms with E-state index >= 15 is 0 Å². The molecule has 3 nitrogen and oxygen atoms in total. The molecule has 0 spiro atoms. The van der Waals surface area contributed by atoms with Crippen molar-refractivity contribution in [3.05, 3.63) is 18.5 Å². The average molecular weight is 346 g/mol. The molecular formula is C5H4Br3N3. The van der Waals surface area contributed by atoms with E-state index in [0.717, 1.165) is 0 Å². The van der Waals surface area contributed by atoms with Gasteiger partial charge in [-0.15, -0.1) is 0 Å². The Hall–Kier alpha value is 0.450. The van der Waals surface area contributed by atoms with Crippen LogP contribution in [0.5, 0.6) is 0 Å². The molecule has 0 aliphatic rings. The summed E-state index contributed by atoms with van der Waals surface area (Å²) in [5.41, 5.74) is 0. The second-order valence-electron chi connectivity index (χ2n) is 1.80. The van der Waals surface area contributed by atoms with Gasteiger partial charge in [0.25, 0.3) is 0 Å². The predicted molar refractivity (Wildman–Crippen MR) is 53.2 cm³/mol. The average Bonchev–Trinajstić information content (AvgIpc) is 2.06. The monoisotopic (exact) mass is 343 g/mol. The summed E-state index contributed by atoms with van der Waals surface area (Å²) in [4.78, 5) is 11.7. The van der Waals surface area contributed by atoms with E-state index in [1.54, 1.807) is 0 Å². The molecule has 0 aliphatic heterocycles. The molecule has 6 heteroatoms. The van der Waals surface area contributed by atoms with E-state index in [9.17, 15) is 0 Å². The summed E-state index contributed by atoms with van der Waals surface area (Å²) in [7, 11) is 0. The molecule has 1 rings (SSSR count). The number of aromatic nitrogens is 3. The lowest BCUT2D eigenvalue weighted by Crippen LogP contribution is -2.14. The Morgan fingerprint density at radius 3 is 2.27 bits per heavy atom. The first kappa shape index (κ1) is 9.54. The zero-order valence-corrected chi connectivity index (χ0v) is 10.1. The van der Waals surface area contributed by atoms with Gasteiger partial charge in [0.2, 0.25) is 0 Å². The van der Waals surface area contributed by atoms with Crippen LogP contribution >= 0.6 is 47.8 Å². The highest BCUT2D eigenvalue weighted by atomic mass is 79.9. The van der Waals surface area contributed by atoms with Crippen LogP contribution in [-0.2, 0) is 3.23 Å². The van der Waals surface area contributed by atoms with Gasteiger partial charge >= 0.3 is 0 Å². The van der Waals surface area contributed by atoms with Crippen LogP contribution in [0.2, 0.25) is 0 Å². The normalized spacial score (nSPS) is 11.5. The summed E-state index contributed by atoms with van der Waals surface area (Å²) in [5.74, 6) is 0.657. The standard InChI is InChI=1S/C5H4Br3N3/c6-1-5(7,8)4-10-2-9-3-11-4/h2-3H,1H2. The van der Waals surface area contributed by atoms with Gasteiger partial charge in [0.05, 0.1) is 0 Å². The number of nitrogens with zero attached hydrogens (tertiary/aromatic N) is 3. The molecule has 0 aromatic carbocycles. The van der Waals surface area contributed by atoms with Gasteiger partial charge in [-0.05, 0) is 0 Å². The summed E-state index contributed by atoms with van der Waals surface area (Å²) in [6.45, 7) is 0. The Labute approximate surface area is 89.4 Å². The minimum absolute atomic E-state index is 0.386. The zero-order chi connectivity index (χ0) is 8.32. The number of hydrogen-bond acceptors (Lipinski definition) is 3. The maximum absolute atomic E-state index is 3.98. The SMILES string of the molecule is BrCC(Br)(Br)c1ncncn1. The van der Waals surface area contributed by atoms with Gasteiger partial charge in [-0.2, -0.15) is 0 Å². The molecular weight excluding hydrogens is 342 g/mol. The van der Waals surface area contributed by atoms with Crippen molar-refractivity contribution in [2.24, 2.45) is 0 Å². The third-order valence-electron chi connectivity index (χ3n) is 0.988. The molecule has 1 aromatic heterocycles. The summed E-state index contributed by atoms with van der Waals surface area (Å²) in [6.07, 6.45) is 2.92. The molecule has 0 N–H and O–H groups in total. The minimum Gasteiger partial charge on any atom is -0.225 e. The van der Waals surface area contributed by atoms with E-state index < -0.39 is 0 Å². The largest absolute Gasteiger partial charge is 0.225 e. The van der Waals surface area contributed by atoms with E-state index in [4.69, 9.17) is 0 Å². The summed E-state index contributed by atoms with van der Waals surface area (Å²) in [6, 6.07) is 0. The summed E-state index contributed by atoms with van der Waals surface area (Å²) >= 11 is 10.1. The van der Waals surface area contributed by atoms with Crippen molar-refractivity contribution >= 4 is 47.8 Å². The van der Waals surface area contributed by atoms with Crippen LogP contribution in [0.1, 0.15) is 5.82 Å². The summed E-state index contributed by atoms with van der Waals surface area (Å²) < 4.78 is -0.386. The van der Waals surface area contributed by atoms with Crippen LogP contribution in [0.25, 0.3) is 0 Å². The molecule has 0 radical (unpaired) electrons. The maximum atomic E-state index is 3.98. The highest BCUT2D eigenvalue weighted by Gasteiger charge is 2.26. The first-order valence-corrected chi connectivity index (χ1v) is 5.44. The van der Waals surface area contributed by atoms with Gasteiger partial charge in [0.1, 0.15) is 15.9 Å². The lowest BCUT2D eigenvalue weighted by molar-refractivity contribution is 0.871. The van der Waals surface area contributed by atoms with Gasteiger partial charge in [0, 0.05) is 5.33 Å². The Bertz CT molecular complexity index is 226. The zero-order valence-electron chi connectivity index (χ0n) is 5.34. The van der Waals surface area contributed by atoms with E-state index in [-0.39, 0.29) is 3.23 Å². The van der Waals surface area contributed by atoms with Crippen molar-refractivity contribution in [1.29, 1.82) is 0 Å². The third-order valence-corrected chi connectivity index (χ3v) is 4.60. The van der Waals surface area contributed by atoms with Gasteiger partial charge in [-0.25, -0.2) is 15.0 Å². The second-order valence-corrected chi connectivity index (χ2v) is 6.13. The van der Waals surface area contributed by atoms with Gasteiger partial charge in [0.15, 0.2) is 5.82 Å². The van der Waals surface area contributed by atoms with Crippen LogP contribution in [0.3, 0.4) is 0 Å². The highest BCUT2D eigenvalue weighted by Crippen LogP contribution is 2.36. The highest BCUT2D eigenvalue weighted by molar-refractivity contribution is 9.25. The van der Waals surface area contributed by atoms with Crippen LogP contribution in [-0.4, -0.2) is 20.3 Å².